The number of rotatable bonds is 4. The Morgan fingerprint density at radius 1 is 1.07 bits per heavy atom. The van der Waals surface area contributed by atoms with Crippen molar-refractivity contribution in [3.63, 3.8) is 0 Å². The van der Waals surface area contributed by atoms with E-state index >= 15 is 0 Å². The van der Waals surface area contributed by atoms with E-state index in [0.717, 1.165) is 28.8 Å². The number of aryl methyl sites for hydroxylation is 2. The van der Waals surface area contributed by atoms with Gasteiger partial charge in [0.05, 0.1) is 17.7 Å². The highest BCUT2D eigenvalue weighted by molar-refractivity contribution is 5.98. The van der Waals surface area contributed by atoms with Crippen LogP contribution in [0.4, 0.5) is 29.7 Å². The molecule has 0 spiro atoms. The van der Waals surface area contributed by atoms with Gasteiger partial charge in [0.2, 0.25) is 5.89 Å². The van der Waals surface area contributed by atoms with Crippen LogP contribution in [-0.4, -0.2) is 16.2 Å². The molecule has 0 aliphatic rings. The summed E-state index contributed by atoms with van der Waals surface area (Å²) < 4.78 is 44.3. The number of amides is 2. The van der Waals surface area contributed by atoms with E-state index in [1.54, 1.807) is 0 Å². The Hall–Kier alpha value is -3.36. The molecule has 0 bridgehead atoms. The number of hydrogen-bond donors (Lipinski definition) is 2. The molecule has 2 N–H and O–H groups in total. The monoisotopic (exact) mass is 390 g/mol. The predicted molar refractivity (Wildman–Crippen MR) is 97.1 cm³/mol. The maximum absolute atomic E-state index is 13.0. The Labute approximate surface area is 158 Å². The SMILES string of the molecule is Cc1ccc(Cc2nnc(NC(=O)Nc3ccccc3C(F)(F)F)o2)c(C)c1. The fourth-order valence-corrected chi connectivity index (χ4v) is 2.67. The molecule has 0 radical (unpaired) electrons. The summed E-state index contributed by atoms with van der Waals surface area (Å²) in [7, 11) is 0. The van der Waals surface area contributed by atoms with Gasteiger partial charge in [-0.2, -0.15) is 13.2 Å². The average molecular weight is 390 g/mol. The van der Waals surface area contributed by atoms with Crippen molar-refractivity contribution >= 4 is 17.7 Å². The minimum atomic E-state index is -4.59. The third-order valence-electron chi connectivity index (χ3n) is 4.01. The highest BCUT2D eigenvalue weighted by Gasteiger charge is 2.33. The predicted octanol–water partition coefficient (Wildman–Crippen LogP) is 4.94. The lowest BCUT2D eigenvalue weighted by Crippen LogP contribution is -2.22. The first kappa shape index (κ1) is 19.4. The maximum Gasteiger partial charge on any atom is 0.418 e. The third-order valence-corrected chi connectivity index (χ3v) is 4.01. The third kappa shape index (κ3) is 4.67. The summed E-state index contributed by atoms with van der Waals surface area (Å²) in [5, 5.41) is 11.9. The van der Waals surface area contributed by atoms with E-state index in [1.165, 1.54) is 12.1 Å². The van der Waals surface area contributed by atoms with Gasteiger partial charge in [0.1, 0.15) is 0 Å². The first-order valence-electron chi connectivity index (χ1n) is 8.35. The van der Waals surface area contributed by atoms with Crippen molar-refractivity contribution in [3.8, 4) is 0 Å². The molecule has 6 nitrogen and oxygen atoms in total. The van der Waals surface area contributed by atoms with Gasteiger partial charge in [0, 0.05) is 0 Å². The Bertz CT molecular complexity index is 999. The number of anilines is 2. The Morgan fingerprint density at radius 3 is 2.54 bits per heavy atom. The Kier molecular flexibility index (Phi) is 5.34. The zero-order chi connectivity index (χ0) is 20.3. The van der Waals surface area contributed by atoms with E-state index in [9.17, 15) is 18.0 Å². The molecule has 2 aromatic carbocycles. The van der Waals surface area contributed by atoms with E-state index in [4.69, 9.17) is 4.42 Å². The molecular weight excluding hydrogens is 373 g/mol. The van der Waals surface area contributed by atoms with Crippen LogP contribution in [0.25, 0.3) is 0 Å². The summed E-state index contributed by atoms with van der Waals surface area (Å²) in [6.45, 7) is 3.95. The zero-order valence-electron chi connectivity index (χ0n) is 15.1. The van der Waals surface area contributed by atoms with E-state index < -0.39 is 17.8 Å². The van der Waals surface area contributed by atoms with Crippen molar-refractivity contribution in [2.45, 2.75) is 26.4 Å². The molecule has 3 aromatic rings. The van der Waals surface area contributed by atoms with Gasteiger partial charge in [0.15, 0.2) is 0 Å². The number of carbonyl (C=O) groups is 1. The van der Waals surface area contributed by atoms with Crippen molar-refractivity contribution in [2.24, 2.45) is 0 Å². The van der Waals surface area contributed by atoms with Crippen LogP contribution in [0.5, 0.6) is 0 Å². The number of para-hydroxylation sites is 1. The molecule has 1 aromatic heterocycles. The second-order valence-corrected chi connectivity index (χ2v) is 6.23. The van der Waals surface area contributed by atoms with Gasteiger partial charge in [-0.15, -0.1) is 5.10 Å². The van der Waals surface area contributed by atoms with Gasteiger partial charge in [-0.25, -0.2) is 4.79 Å². The second kappa shape index (κ2) is 7.71. The molecular formula is C19H17F3N4O2. The summed E-state index contributed by atoms with van der Waals surface area (Å²) in [5.74, 6) is 0.276. The molecule has 0 atom stereocenters. The molecule has 0 unspecified atom stereocenters. The Balaban J connectivity index is 1.66. The number of halogens is 3. The summed E-state index contributed by atoms with van der Waals surface area (Å²) in [5.41, 5.74) is 1.86. The minimum absolute atomic E-state index is 0.207. The molecule has 2 amide bonds. The maximum atomic E-state index is 13.0. The van der Waals surface area contributed by atoms with Crippen LogP contribution in [0.1, 0.15) is 28.1 Å². The van der Waals surface area contributed by atoms with Crippen molar-refractivity contribution in [1.29, 1.82) is 0 Å². The molecule has 146 valence electrons. The van der Waals surface area contributed by atoms with E-state index in [2.05, 4.69) is 20.8 Å². The lowest BCUT2D eigenvalue weighted by Gasteiger charge is -2.13. The van der Waals surface area contributed by atoms with Crippen LogP contribution in [-0.2, 0) is 12.6 Å². The topological polar surface area (TPSA) is 80.0 Å². The molecule has 0 aliphatic carbocycles. The van der Waals surface area contributed by atoms with E-state index in [1.807, 2.05) is 32.0 Å². The van der Waals surface area contributed by atoms with E-state index in [-0.39, 0.29) is 17.6 Å². The molecule has 1 heterocycles. The largest absolute Gasteiger partial charge is 0.418 e. The minimum Gasteiger partial charge on any atom is -0.407 e. The smallest absolute Gasteiger partial charge is 0.407 e. The van der Waals surface area contributed by atoms with Crippen molar-refractivity contribution in [2.75, 3.05) is 10.6 Å². The second-order valence-electron chi connectivity index (χ2n) is 6.23. The molecule has 9 heteroatoms. The van der Waals surface area contributed by atoms with Gasteiger partial charge < -0.3 is 9.73 Å². The number of hydrogen-bond acceptors (Lipinski definition) is 4. The van der Waals surface area contributed by atoms with Crippen LogP contribution >= 0.6 is 0 Å². The van der Waals surface area contributed by atoms with Crippen LogP contribution in [0.3, 0.4) is 0 Å². The van der Waals surface area contributed by atoms with Gasteiger partial charge >= 0.3 is 18.2 Å². The molecule has 28 heavy (non-hydrogen) atoms. The van der Waals surface area contributed by atoms with E-state index in [0.29, 0.717) is 6.42 Å². The lowest BCUT2D eigenvalue weighted by atomic mass is 10.0. The van der Waals surface area contributed by atoms with Gasteiger partial charge in [-0.05, 0) is 37.1 Å². The van der Waals surface area contributed by atoms with Crippen molar-refractivity contribution < 1.29 is 22.4 Å². The number of alkyl halides is 3. The van der Waals surface area contributed by atoms with Crippen LogP contribution in [0, 0.1) is 13.8 Å². The first-order valence-corrected chi connectivity index (χ1v) is 8.35. The standard InChI is InChI=1S/C19H17F3N4O2/c1-11-7-8-13(12(2)9-11)10-16-25-26-18(28-16)24-17(27)23-15-6-4-3-5-14(15)19(20,21)22/h3-9H,10H2,1-2H3,(H2,23,24,26,27). The molecule has 0 fully saturated rings. The quantitative estimate of drug-likeness (QED) is 0.661. The lowest BCUT2D eigenvalue weighted by molar-refractivity contribution is -0.136. The number of benzene rings is 2. The van der Waals surface area contributed by atoms with Gasteiger partial charge in [-0.3, -0.25) is 5.32 Å². The van der Waals surface area contributed by atoms with Gasteiger partial charge in [-0.1, -0.05) is 41.0 Å². The number of aromatic nitrogens is 2. The molecule has 0 aliphatic heterocycles. The fraction of sp³-hybridized carbons (Fsp3) is 0.211. The zero-order valence-corrected chi connectivity index (χ0v) is 15.1. The number of urea groups is 1. The van der Waals surface area contributed by atoms with Crippen molar-refractivity contribution in [1.82, 2.24) is 10.2 Å². The summed E-state index contributed by atoms with van der Waals surface area (Å²) in [6.07, 6.45) is -4.22. The Morgan fingerprint density at radius 2 is 1.82 bits per heavy atom. The van der Waals surface area contributed by atoms with Crippen molar-refractivity contribution in [3.05, 3.63) is 70.6 Å². The molecule has 0 saturated carbocycles. The first-order chi connectivity index (χ1) is 13.2. The number of nitrogens with zero attached hydrogens (tertiary/aromatic N) is 2. The van der Waals surface area contributed by atoms with Crippen LogP contribution in [0.15, 0.2) is 46.9 Å². The average Bonchev–Trinajstić information content (AvgIpc) is 3.04. The normalized spacial score (nSPS) is 11.3. The highest BCUT2D eigenvalue weighted by Crippen LogP contribution is 2.34. The van der Waals surface area contributed by atoms with Crippen LogP contribution < -0.4 is 10.6 Å². The summed E-state index contributed by atoms with van der Waals surface area (Å²) in [4.78, 5) is 12.0. The fourth-order valence-electron chi connectivity index (χ4n) is 2.67. The number of carbonyl (C=O) groups excluding carboxylic acids is 1. The summed E-state index contributed by atoms with van der Waals surface area (Å²) in [6, 6.07) is 9.47. The number of nitrogens with one attached hydrogen (secondary N) is 2. The van der Waals surface area contributed by atoms with Gasteiger partial charge in [0.25, 0.3) is 0 Å². The van der Waals surface area contributed by atoms with Crippen LogP contribution in [0.2, 0.25) is 0 Å². The molecule has 3 rings (SSSR count). The summed E-state index contributed by atoms with van der Waals surface area (Å²) >= 11 is 0. The molecule has 0 saturated heterocycles. The highest BCUT2D eigenvalue weighted by atomic mass is 19.4.